The SMILES string of the molecule is COc1ccccc1S(=O)(=O)N1CCC(N2CCNCC2)C1.Cl. The molecule has 6 nitrogen and oxygen atoms in total. The molecule has 1 atom stereocenters. The summed E-state index contributed by atoms with van der Waals surface area (Å²) in [5.74, 6) is 0.410. The zero-order chi connectivity index (χ0) is 15.6. The lowest BCUT2D eigenvalue weighted by molar-refractivity contribution is 0.179. The van der Waals surface area contributed by atoms with E-state index >= 15 is 0 Å². The number of nitrogens with one attached hydrogen (secondary N) is 1. The number of halogens is 1. The van der Waals surface area contributed by atoms with Crippen molar-refractivity contribution in [2.75, 3.05) is 46.4 Å². The fourth-order valence-electron chi connectivity index (χ4n) is 3.25. The molecular weight excluding hydrogens is 338 g/mol. The highest BCUT2D eigenvalue weighted by Gasteiger charge is 2.36. The Morgan fingerprint density at radius 3 is 2.57 bits per heavy atom. The highest BCUT2D eigenvalue weighted by atomic mass is 35.5. The summed E-state index contributed by atoms with van der Waals surface area (Å²) in [6.45, 7) is 5.10. The quantitative estimate of drug-likeness (QED) is 0.859. The van der Waals surface area contributed by atoms with E-state index in [-0.39, 0.29) is 17.3 Å². The Labute approximate surface area is 144 Å². The maximum absolute atomic E-state index is 12.9. The molecule has 2 aliphatic rings. The normalized spacial score (nSPS) is 23.4. The standard InChI is InChI=1S/C15H23N3O3S.ClH/c1-21-14-4-2-3-5-15(14)22(19,20)18-9-6-13(12-18)17-10-7-16-8-11-17;/h2-5,13,16H,6-12H2,1H3;1H. The van der Waals surface area contributed by atoms with E-state index < -0.39 is 10.0 Å². The van der Waals surface area contributed by atoms with Crippen LogP contribution in [0.3, 0.4) is 0 Å². The highest BCUT2D eigenvalue weighted by molar-refractivity contribution is 7.89. The average Bonchev–Trinajstić information content (AvgIpc) is 3.06. The molecule has 0 spiro atoms. The van der Waals surface area contributed by atoms with Gasteiger partial charge < -0.3 is 10.1 Å². The predicted molar refractivity (Wildman–Crippen MR) is 91.8 cm³/mol. The minimum Gasteiger partial charge on any atom is -0.495 e. The smallest absolute Gasteiger partial charge is 0.246 e. The third-order valence-electron chi connectivity index (χ3n) is 4.48. The summed E-state index contributed by atoms with van der Waals surface area (Å²) in [6.07, 6.45) is 0.897. The number of hydrogen-bond acceptors (Lipinski definition) is 5. The Morgan fingerprint density at radius 2 is 1.87 bits per heavy atom. The molecule has 0 amide bonds. The van der Waals surface area contributed by atoms with Crippen molar-refractivity contribution in [2.24, 2.45) is 0 Å². The van der Waals surface area contributed by atoms with Crippen molar-refractivity contribution in [3.8, 4) is 5.75 Å². The second-order valence-corrected chi connectivity index (χ2v) is 7.65. The second kappa shape index (κ2) is 7.81. The summed E-state index contributed by atoms with van der Waals surface area (Å²) in [7, 11) is -1.99. The van der Waals surface area contributed by atoms with Crippen molar-refractivity contribution in [3.05, 3.63) is 24.3 Å². The minimum absolute atomic E-state index is 0. The number of piperazine rings is 1. The largest absolute Gasteiger partial charge is 0.495 e. The number of benzene rings is 1. The van der Waals surface area contributed by atoms with Gasteiger partial charge in [0.25, 0.3) is 0 Å². The van der Waals surface area contributed by atoms with Gasteiger partial charge in [-0.3, -0.25) is 4.90 Å². The van der Waals surface area contributed by atoms with E-state index in [1.165, 1.54) is 7.11 Å². The number of ether oxygens (including phenoxy) is 1. The lowest BCUT2D eigenvalue weighted by atomic mass is 10.2. The van der Waals surface area contributed by atoms with Crippen molar-refractivity contribution < 1.29 is 13.2 Å². The fraction of sp³-hybridized carbons (Fsp3) is 0.600. The van der Waals surface area contributed by atoms with Crippen molar-refractivity contribution in [2.45, 2.75) is 17.4 Å². The van der Waals surface area contributed by atoms with E-state index in [9.17, 15) is 8.42 Å². The molecule has 0 radical (unpaired) electrons. The van der Waals surface area contributed by atoms with Crippen LogP contribution in [0.25, 0.3) is 0 Å². The molecule has 3 rings (SSSR count). The fourth-order valence-corrected chi connectivity index (χ4v) is 4.89. The Kier molecular flexibility index (Phi) is 6.27. The van der Waals surface area contributed by atoms with Gasteiger partial charge in [0.2, 0.25) is 10.0 Å². The third-order valence-corrected chi connectivity index (χ3v) is 6.39. The van der Waals surface area contributed by atoms with Crippen molar-refractivity contribution in [3.63, 3.8) is 0 Å². The Balaban J connectivity index is 0.00000192. The minimum atomic E-state index is -3.49. The van der Waals surface area contributed by atoms with Crippen LogP contribution in [0.2, 0.25) is 0 Å². The molecule has 23 heavy (non-hydrogen) atoms. The number of sulfonamides is 1. The average molecular weight is 362 g/mol. The molecule has 2 heterocycles. The first-order valence-electron chi connectivity index (χ1n) is 7.71. The molecule has 2 saturated heterocycles. The third kappa shape index (κ3) is 3.80. The van der Waals surface area contributed by atoms with Gasteiger partial charge in [-0.25, -0.2) is 8.42 Å². The first-order chi connectivity index (χ1) is 10.6. The van der Waals surface area contributed by atoms with Crippen molar-refractivity contribution >= 4 is 22.4 Å². The zero-order valence-corrected chi connectivity index (χ0v) is 14.9. The number of rotatable bonds is 4. The van der Waals surface area contributed by atoms with Crippen LogP contribution in [-0.4, -0.2) is 70.0 Å². The van der Waals surface area contributed by atoms with E-state index in [0.29, 0.717) is 24.9 Å². The summed E-state index contributed by atoms with van der Waals surface area (Å²) in [5.41, 5.74) is 0. The Morgan fingerprint density at radius 1 is 1.17 bits per heavy atom. The predicted octanol–water partition coefficient (Wildman–Crippen LogP) is 0.785. The molecule has 0 bridgehead atoms. The van der Waals surface area contributed by atoms with E-state index in [1.807, 2.05) is 0 Å². The second-order valence-electron chi connectivity index (χ2n) is 5.74. The Hall–Kier alpha value is -0.860. The summed E-state index contributed by atoms with van der Waals surface area (Å²) in [4.78, 5) is 2.66. The molecule has 2 fully saturated rings. The zero-order valence-electron chi connectivity index (χ0n) is 13.3. The van der Waals surface area contributed by atoms with Gasteiger partial charge in [-0.1, -0.05) is 12.1 Å². The maximum Gasteiger partial charge on any atom is 0.246 e. The summed E-state index contributed by atoms with van der Waals surface area (Å²) in [6, 6.07) is 7.15. The molecule has 0 aromatic heterocycles. The van der Waals surface area contributed by atoms with Crippen LogP contribution in [0.4, 0.5) is 0 Å². The maximum atomic E-state index is 12.9. The molecule has 1 aromatic carbocycles. The van der Waals surface area contributed by atoms with Gasteiger partial charge in [0, 0.05) is 45.3 Å². The van der Waals surface area contributed by atoms with Crippen LogP contribution in [0.5, 0.6) is 5.75 Å². The van der Waals surface area contributed by atoms with Crippen LogP contribution in [0.15, 0.2) is 29.2 Å². The molecule has 8 heteroatoms. The summed E-state index contributed by atoms with van der Waals surface area (Å²) >= 11 is 0. The molecule has 0 aliphatic carbocycles. The van der Waals surface area contributed by atoms with Crippen molar-refractivity contribution in [1.29, 1.82) is 0 Å². The number of para-hydroxylation sites is 1. The Bertz CT molecular complexity index is 620. The van der Waals surface area contributed by atoms with Crippen LogP contribution < -0.4 is 10.1 Å². The molecule has 1 unspecified atom stereocenters. The van der Waals surface area contributed by atoms with Gasteiger partial charge in [0.1, 0.15) is 10.6 Å². The number of methoxy groups -OCH3 is 1. The monoisotopic (exact) mass is 361 g/mol. The van der Waals surface area contributed by atoms with Crippen LogP contribution >= 0.6 is 12.4 Å². The van der Waals surface area contributed by atoms with E-state index in [2.05, 4.69) is 10.2 Å². The molecule has 1 N–H and O–H groups in total. The molecular formula is C15H24ClN3O3S. The first-order valence-corrected chi connectivity index (χ1v) is 9.15. The molecule has 1 aromatic rings. The molecule has 0 saturated carbocycles. The summed E-state index contributed by atoms with van der Waals surface area (Å²) in [5, 5.41) is 3.33. The topological polar surface area (TPSA) is 61.9 Å². The van der Waals surface area contributed by atoms with Crippen LogP contribution in [0, 0.1) is 0 Å². The van der Waals surface area contributed by atoms with Gasteiger partial charge in [-0.2, -0.15) is 4.31 Å². The van der Waals surface area contributed by atoms with Gasteiger partial charge in [-0.05, 0) is 18.6 Å². The molecule has 130 valence electrons. The van der Waals surface area contributed by atoms with E-state index in [0.717, 1.165) is 32.6 Å². The lowest BCUT2D eigenvalue weighted by Gasteiger charge is -2.32. The van der Waals surface area contributed by atoms with E-state index in [4.69, 9.17) is 4.74 Å². The van der Waals surface area contributed by atoms with Crippen LogP contribution in [-0.2, 0) is 10.0 Å². The highest BCUT2D eigenvalue weighted by Crippen LogP contribution is 2.29. The van der Waals surface area contributed by atoms with E-state index in [1.54, 1.807) is 28.6 Å². The lowest BCUT2D eigenvalue weighted by Crippen LogP contribution is -2.49. The van der Waals surface area contributed by atoms with Gasteiger partial charge in [0.05, 0.1) is 7.11 Å². The van der Waals surface area contributed by atoms with Gasteiger partial charge in [0.15, 0.2) is 0 Å². The van der Waals surface area contributed by atoms with Crippen LogP contribution in [0.1, 0.15) is 6.42 Å². The van der Waals surface area contributed by atoms with Gasteiger partial charge in [-0.15, -0.1) is 12.4 Å². The first kappa shape index (κ1) is 18.5. The summed E-state index contributed by atoms with van der Waals surface area (Å²) < 4.78 is 32.5. The molecule has 2 aliphatic heterocycles. The number of nitrogens with zero attached hydrogens (tertiary/aromatic N) is 2. The van der Waals surface area contributed by atoms with Gasteiger partial charge >= 0.3 is 0 Å². The van der Waals surface area contributed by atoms with Crippen molar-refractivity contribution in [1.82, 2.24) is 14.5 Å². The number of hydrogen-bond donors (Lipinski definition) is 1.